The summed E-state index contributed by atoms with van der Waals surface area (Å²) in [6.45, 7) is 2.01. The van der Waals surface area contributed by atoms with Crippen LogP contribution in [0, 0.1) is 6.92 Å². The maximum atomic E-state index is 6.10. The Balaban J connectivity index is 2.83. The first kappa shape index (κ1) is 10.7. The lowest BCUT2D eigenvalue weighted by Gasteiger charge is -2.00. The minimum Gasteiger partial charge on any atom is -0.179 e. The van der Waals surface area contributed by atoms with E-state index in [1.54, 1.807) is 0 Å². The number of benzene rings is 1. The summed E-state index contributed by atoms with van der Waals surface area (Å²) in [6.07, 6.45) is 5.12. The number of hydrogen-bond acceptors (Lipinski definition) is 1. The predicted molar refractivity (Wildman–Crippen MR) is 63.7 cm³/mol. The second-order valence-electron chi connectivity index (χ2n) is 2.89. The molecule has 70 valence electrons. The highest BCUT2D eigenvalue weighted by Crippen LogP contribution is 2.21. The number of thiol groups is 1. The van der Waals surface area contributed by atoms with Crippen LogP contribution in [0.3, 0.4) is 0 Å². The lowest BCUT2D eigenvalue weighted by atomic mass is 10.1. The van der Waals surface area contributed by atoms with Gasteiger partial charge in [0, 0.05) is 0 Å². The van der Waals surface area contributed by atoms with Crippen molar-refractivity contribution < 1.29 is 0 Å². The molecule has 0 unspecified atom stereocenters. The van der Waals surface area contributed by atoms with Crippen molar-refractivity contribution in [3.8, 4) is 0 Å². The molecule has 0 atom stereocenters. The van der Waals surface area contributed by atoms with Crippen molar-refractivity contribution in [2.75, 3.05) is 5.75 Å². The summed E-state index contributed by atoms with van der Waals surface area (Å²) in [6, 6.07) is 6.05. The Morgan fingerprint density at radius 1 is 1.46 bits per heavy atom. The van der Waals surface area contributed by atoms with Crippen LogP contribution in [0.1, 0.15) is 17.5 Å². The van der Waals surface area contributed by atoms with Gasteiger partial charge in [0.15, 0.2) is 0 Å². The zero-order valence-electron chi connectivity index (χ0n) is 7.63. The minimum absolute atomic E-state index is 0.845. The predicted octanol–water partition coefficient (Wildman–Crippen LogP) is 3.98. The van der Waals surface area contributed by atoms with Crippen molar-refractivity contribution in [3.63, 3.8) is 0 Å². The molecule has 0 bridgehead atoms. The van der Waals surface area contributed by atoms with Gasteiger partial charge in [-0.05, 0) is 30.2 Å². The van der Waals surface area contributed by atoms with Crippen molar-refractivity contribution in [1.82, 2.24) is 0 Å². The van der Waals surface area contributed by atoms with Gasteiger partial charge < -0.3 is 0 Å². The SMILES string of the molecule is Cc1cccc(C=CCCS)c1Cl. The molecule has 0 amide bonds. The number of rotatable bonds is 3. The molecule has 1 aromatic carbocycles. The number of allylic oxidation sites excluding steroid dienone is 1. The lowest BCUT2D eigenvalue weighted by Crippen LogP contribution is -1.79. The monoisotopic (exact) mass is 212 g/mol. The fourth-order valence-corrected chi connectivity index (χ4v) is 1.42. The zero-order chi connectivity index (χ0) is 9.68. The fourth-order valence-electron chi connectivity index (χ4n) is 1.08. The smallest absolute Gasteiger partial charge is 0.0507 e. The molecule has 0 spiro atoms. The number of halogens is 1. The standard InChI is InChI=1S/C11H13ClS/c1-9-5-4-7-10(11(9)12)6-2-3-8-13/h2,4-7,13H,3,8H2,1H3. The molecule has 1 aromatic rings. The molecule has 0 saturated carbocycles. The highest BCUT2D eigenvalue weighted by molar-refractivity contribution is 7.80. The highest BCUT2D eigenvalue weighted by atomic mass is 35.5. The number of hydrogen-bond donors (Lipinski definition) is 1. The van der Waals surface area contributed by atoms with Crippen LogP contribution in [0.25, 0.3) is 6.08 Å². The van der Waals surface area contributed by atoms with Gasteiger partial charge >= 0.3 is 0 Å². The van der Waals surface area contributed by atoms with Crippen molar-refractivity contribution in [3.05, 3.63) is 40.4 Å². The van der Waals surface area contributed by atoms with Gasteiger partial charge in [-0.15, -0.1) is 0 Å². The first-order valence-corrected chi connectivity index (χ1v) is 5.29. The van der Waals surface area contributed by atoms with Crippen molar-refractivity contribution in [1.29, 1.82) is 0 Å². The summed E-state index contributed by atoms with van der Waals surface area (Å²) in [5, 5.41) is 0.845. The summed E-state index contributed by atoms with van der Waals surface area (Å²) in [5.41, 5.74) is 2.21. The maximum Gasteiger partial charge on any atom is 0.0507 e. The minimum atomic E-state index is 0.845. The molecular formula is C11H13ClS. The van der Waals surface area contributed by atoms with Crippen molar-refractivity contribution >= 4 is 30.3 Å². The molecule has 2 heteroatoms. The molecule has 0 aliphatic rings. The summed E-state index contributed by atoms with van der Waals surface area (Å²) >= 11 is 10.2. The Bertz CT molecular complexity index is 305. The third kappa shape index (κ3) is 3.09. The molecule has 13 heavy (non-hydrogen) atoms. The first-order valence-electron chi connectivity index (χ1n) is 4.28. The largest absolute Gasteiger partial charge is 0.179 e. The van der Waals surface area contributed by atoms with Crippen LogP contribution < -0.4 is 0 Å². The van der Waals surface area contributed by atoms with Crippen molar-refractivity contribution in [2.45, 2.75) is 13.3 Å². The van der Waals surface area contributed by atoms with Gasteiger partial charge in [0.1, 0.15) is 0 Å². The van der Waals surface area contributed by atoms with Gasteiger partial charge in [0.25, 0.3) is 0 Å². The van der Waals surface area contributed by atoms with E-state index in [-0.39, 0.29) is 0 Å². The highest BCUT2D eigenvalue weighted by Gasteiger charge is 1.97. The normalized spacial score (nSPS) is 11.0. The molecule has 0 N–H and O–H groups in total. The first-order chi connectivity index (χ1) is 6.25. The average molecular weight is 213 g/mol. The fraction of sp³-hybridized carbons (Fsp3) is 0.273. The van der Waals surface area contributed by atoms with Gasteiger partial charge in [-0.3, -0.25) is 0 Å². The summed E-state index contributed by atoms with van der Waals surface area (Å²) < 4.78 is 0. The van der Waals surface area contributed by atoms with Gasteiger partial charge in [0.05, 0.1) is 5.02 Å². The second-order valence-corrected chi connectivity index (χ2v) is 3.72. The van der Waals surface area contributed by atoms with Crippen LogP contribution in [0.5, 0.6) is 0 Å². The Labute approximate surface area is 90.0 Å². The molecule has 0 fully saturated rings. The van der Waals surface area contributed by atoms with E-state index in [2.05, 4.69) is 18.7 Å². The van der Waals surface area contributed by atoms with Crippen LogP contribution in [-0.2, 0) is 0 Å². The van der Waals surface area contributed by atoms with Crippen LogP contribution in [0.15, 0.2) is 24.3 Å². The molecule has 0 aromatic heterocycles. The topological polar surface area (TPSA) is 0 Å². The van der Waals surface area contributed by atoms with Gasteiger partial charge in [-0.1, -0.05) is 42.0 Å². The van der Waals surface area contributed by atoms with Crippen LogP contribution in [0.2, 0.25) is 5.02 Å². The number of aryl methyl sites for hydroxylation is 1. The van der Waals surface area contributed by atoms with E-state index in [9.17, 15) is 0 Å². The summed E-state index contributed by atoms with van der Waals surface area (Å²) in [7, 11) is 0. The van der Waals surface area contributed by atoms with E-state index in [0.717, 1.165) is 28.3 Å². The van der Waals surface area contributed by atoms with Crippen molar-refractivity contribution in [2.24, 2.45) is 0 Å². The lowest BCUT2D eigenvalue weighted by molar-refractivity contribution is 1.26. The van der Waals surface area contributed by atoms with Gasteiger partial charge in [0.2, 0.25) is 0 Å². The van der Waals surface area contributed by atoms with E-state index >= 15 is 0 Å². The Hall–Kier alpha value is -0.400. The van der Waals surface area contributed by atoms with Crippen LogP contribution in [-0.4, -0.2) is 5.75 Å². The molecule has 0 radical (unpaired) electrons. The molecule has 1 rings (SSSR count). The third-order valence-electron chi connectivity index (χ3n) is 1.81. The Kier molecular flexibility index (Phi) is 4.40. The average Bonchev–Trinajstić information content (AvgIpc) is 2.13. The Morgan fingerprint density at radius 2 is 2.23 bits per heavy atom. The molecule has 0 aliphatic carbocycles. The quantitative estimate of drug-likeness (QED) is 0.720. The van der Waals surface area contributed by atoms with E-state index in [1.165, 1.54) is 0 Å². The molecular weight excluding hydrogens is 200 g/mol. The molecule has 0 aliphatic heterocycles. The third-order valence-corrected chi connectivity index (χ3v) is 2.59. The van der Waals surface area contributed by atoms with Gasteiger partial charge in [-0.25, -0.2) is 0 Å². The summed E-state index contributed by atoms with van der Waals surface area (Å²) in [5.74, 6) is 0.875. The van der Waals surface area contributed by atoms with Crippen LogP contribution in [0.4, 0.5) is 0 Å². The van der Waals surface area contributed by atoms with E-state index in [0.29, 0.717) is 0 Å². The maximum absolute atomic E-state index is 6.10. The molecule has 0 saturated heterocycles. The second kappa shape index (κ2) is 5.36. The molecule has 0 heterocycles. The van der Waals surface area contributed by atoms with E-state index in [4.69, 9.17) is 11.6 Å². The van der Waals surface area contributed by atoms with Crippen LogP contribution >= 0.6 is 24.2 Å². The molecule has 0 nitrogen and oxygen atoms in total. The zero-order valence-corrected chi connectivity index (χ0v) is 9.28. The summed E-state index contributed by atoms with van der Waals surface area (Å²) in [4.78, 5) is 0. The van der Waals surface area contributed by atoms with E-state index in [1.807, 2.05) is 31.2 Å². The van der Waals surface area contributed by atoms with E-state index < -0.39 is 0 Å². The Morgan fingerprint density at radius 3 is 2.92 bits per heavy atom. The van der Waals surface area contributed by atoms with Gasteiger partial charge in [-0.2, -0.15) is 12.6 Å².